The third-order valence-electron chi connectivity index (χ3n) is 3.24. The zero-order chi connectivity index (χ0) is 12.9. The van der Waals surface area contributed by atoms with Crippen LogP contribution in [0.4, 0.5) is 0 Å². The molecular weight excluding hydrogens is 210 g/mol. The Balaban J connectivity index is 3.17. The topological polar surface area (TPSA) is 61.9 Å². The third kappa shape index (κ3) is 13.2. The molecule has 0 aromatic carbocycles. The van der Waals surface area contributed by atoms with Crippen molar-refractivity contribution in [3.63, 3.8) is 0 Å². The van der Waals surface area contributed by atoms with Crippen LogP contribution < -0.4 is 11.1 Å². The van der Waals surface area contributed by atoms with Crippen LogP contribution in [0, 0.1) is 11.3 Å². The van der Waals surface area contributed by atoms with Crippen molar-refractivity contribution in [3.05, 3.63) is 0 Å². The summed E-state index contributed by atoms with van der Waals surface area (Å²) in [5.74, 6) is 0.947. The Labute approximate surface area is 107 Å². The summed E-state index contributed by atoms with van der Waals surface area (Å²) < 4.78 is 0. The van der Waals surface area contributed by atoms with Gasteiger partial charge in [0.2, 0.25) is 0 Å². The van der Waals surface area contributed by atoms with Gasteiger partial charge in [-0.15, -0.1) is 0 Å². The van der Waals surface area contributed by atoms with Gasteiger partial charge in [0, 0.05) is 6.54 Å². The van der Waals surface area contributed by atoms with Gasteiger partial charge < -0.3 is 11.1 Å². The van der Waals surface area contributed by atoms with Crippen LogP contribution in [0.25, 0.3) is 0 Å². The molecule has 0 fully saturated rings. The van der Waals surface area contributed by atoms with E-state index in [2.05, 4.69) is 19.2 Å². The van der Waals surface area contributed by atoms with Gasteiger partial charge in [0.1, 0.15) is 0 Å². The maximum absolute atomic E-state index is 7.03. The Morgan fingerprint density at radius 2 is 1.65 bits per heavy atom. The Morgan fingerprint density at radius 1 is 1.06 bits per heavy atom. The van der Waals surface area contributed by atoms with E-state index in [9.17, 15) is 0 Å². The summed E-state index contributed by atoms with van der Waals surface area (Å²) in [4.78, 5) is 0. The molecule has 0 radical (unpaired) electrons. The molecule has 4 N–H and O–H groups in total. The lowest BCUT2D eigenvalue weighted by Gasteiger charge is -2.11. The highest BCUT2D eigenvalue weighted by atomic mass is 15.0. The summed E-state index contributed by atoms with van der Waals surface area (Å²) in [5, 5.41) is 9.87. The first kappa shape index (κ1) is 16.3. The lowest BCUT2D eigenvalue weighted by molar-refractivity contribution is 0.438. The molecule has 1 atom stereocenters. The molecule has 0 bridgehead atoms. The average molecular weight is 241 g/mol. The van der Waals surface area contributed by atoms with Crippen molar-refractivity contribution in [3.8, 4) is 0 Å². The Morgan fingerprint density at radius 3 is 2.24 bits per heavy atom. The van der Waals surface area contributed by atoms with E-state index in [1.807, 2.05) is 0 Å². The van der Waals surface area contributed by atoms with Crippen LogP contribution in [0.15, 0.2) is 0 Å². The van der Waals surface area contributed by atoms with Gasteiger partial charge in [-0.1, -0.05) is 65.2 Å². The summed E-state index contributed by atoms with van der Waals surface area (Å²) in [6.07, 6.45) is 12.0. The van der Waals surface area contributed by atoms with Gasteiger partial charge in [0.25, 0.3) is 0 Å². The first-order valence-electron chi connectivity index (χ1n) is 7.24. The van der Waals surface area contributed by atoms with Gasteiger partial charge >= 0.3 is 0 Å². The van der Waals surface area contributed by atoms with Crippen molar-refractivity contribution in [1.29, 1.82) is 5.41 Å². The van der Waals surface area contributed by atoms with E-state index in [0.29, 0.717) is 0 Å². The molecule has 0 saturated heterocycles. The fourth-order valence-corrected chi connectivity index (χ4v) is 2.08. The summed E-state index contributed by atoms with van der Waals surface area (Å²) in [6.45, 7) is 5.47. The lowest BCUT2D eigenvalue weighted by atomic mass is 9.97. The second kappa shape index (κ2) is 11.7. The largest absolute Gasteiger partial charge is 0.370 e. The van der Waals surface area contributed by atoms with E-state index in [4.69, 9.17) is 11.1 Å². The summed E-state index contributed by atoms with van der Waals surface area (Å²) in [5.41, 5.74) is 5.21. The van der Waals surface area contributed by atoms with Crippen LogP contribution in [0.1, 0.15) is 71.6 Å². The van der Waals surface area contributed by atoms with Crippen LogP contribution >= 0.6 is 0 Å². The SMILES string of the molecule is CCCCCCC[C@H](C)CCCCNC(=N)N. The van der Waals surface area contributed by atoms with Crippen molar-refractivity contribution < 1.29 is 0 Å². The van der Waals surface area contributed by atoms with Crippen molar-refractivity contribution in [1.82, 2.24) is 5.32 Å². The van der Waals surface area contributed by atoms with Gasteiger partial charge in [0.15, 0.2) is 5.96 Å². The molecule has 0 aliphatic rings. The van der Waals surface area contributed by atoms with Gasteiger partial charge in [-0.2, -0.15) is 0 Å². The number of hydrogen-bond acceptors (Lipinski definition) is 1. The standard InChI is InChI=1S/C14H31N3/c1-3-4-5-6-7-10-13(2)11-8-9-12-17-14(15)16/h13H,3-12H2,1-2H3,(H4,15,16,17)/t13-/m0/s1. The van der Waals surface area contributed by atoms with Gasteiger partial charge in [-0.3, -0.25) is 5.41 Å². The highest BCUT2D eigenvalue weighted by molar-refractivity contribution is 5.74. The van der Waals surface area contributed by atoms with Crippen LogP contribution in [-0.4, -0.2) is 12.5 Å². The minimum Gasteiger partial charge on any atom is -0.370 e. The fourth-order valence-electron chi connectivity index (χ4n) is 2.08. The molecule has 0 aromatic rings. The molecule has 0 rings (SSSR count). The quantitative estimate of drug-likeness (QED) is 0.294. The molecule has 0 aliphatic heterocycles. The van der Waals surface area contributed by atoms with E-state index in [-0.39, 0.29) is 5.96 Å². The zero-order valence-corrected chi connectivity index (χ0v) is 11.7. The number of nitrogens with one attached hydrogen (secondary N) is 2. The highest BCUT2D eigenvalue weighted by Crippen LogP contribution is 2.16. The Hall–Kier alpha value is -0.730. The van der Waals surface area contributed by atoms with E-state index >= 15 is 0 Å². The third-order valence-corrected chi connectivity index (χ3v) is 3.24. The van der Waals surface area contributed by atoms with Crippen molar-refractivity contribution in [2.24, 2.45) is 11.7 Å². The highest BCUT2D eigenvalue weighted by Gasteiger charge is 2.01. The zero-order valence-electron chi connectivity index (χ0n) is 11.7. The van der Waals surface area contributed by atoms with Crippen LogP contribution in [0.5, 0.6) is 0 Å². The number of rotatable bonds is 11. The number of nitrogens with two attached hydrogens (primary N) is 1. The van der Waals surface area contributed by atoms with Gasteiger partial charge in [-0.05, 0) is 12.3 Å². The minimum absolute atomic E-state index is 0.0916. The number of guanidine groups is 1. The molecule has 0 amide bonds. The maximum atomic E-state index is 7.03. The van der Waals surface area contributed by atoms with Crippen LogP contribution in [-0.2, 0) is 0 Å². The fraction of sp³-hybridized carbons (Fsp3) is 0.929. The lowest BCUT2D eigenvalue weighted by Crippen LogP contribution is -2.30. The summed E-state index contributed by atoms with van der Waals surface area (Å²) in [6, 6.07) is 0. The first-order valence-corrected chi connectivity index (χ1v) is 7.24. The first-order chi connectivity index (χ1) is 8.16. The molecule has 0 heterocycles. The second-order valence-corrected chi connectivity index (χ2v) is 5.14. The normalized spacial score (nSPS) is 12.4. The summed E-state index contributed by atoms with van der Waals surface area (Å²) in [7, 11) is 0. The van der Waals surface area contributed by atoms with Crippen molar-refractivity contribution >= 4 is 5.96 Å². The Bertz CT molecular complexity index is 180. The molecule has 17 heavy (non-hydrogen) atoms. The van der Waals surface area contributed by atoms with E-state index in [1.54, 1.807) is 0 Å². The molecule has 102 valence electrons. The van der Waals surface area contributed by atoms with Crippen molar-refractivity contribution in [2.45, 2.75) is 71.6 Å². The molecule has 0 spiro atoms. The van der Waals surface area contributed by atoms with E-state index in [0.717, 1.165) is 18.9 Å². The maximum Gasteiger partial charge on any atom is 0.185 e. The van der Waals surface area contributed by atoms with Gasteiger partial charge in [-0.25, -0.2) is 0 Å². The molecular formula is C14H31N3. The summed E-state index contributed by atoms with van der Waals surface area (Å²) >= 11 is 0. The monoisotopic (exact) mass is 241 g/mol. The molecule has 0 saturated carbocycles. The van der Waals surface area contributed by atoms with Crippen LogP contribution in [0.3, 0.4) is 0 Å². The minimum atomic E-state index is 0.0916. The van der Waals surface area contributed by atoms with Gasteiger partial charge in [0.05, 0.1) is 0 Å². The number of hydrogen-bond donors (Lipinski definition) is 3. The van der Waals surface area contributed by atoms with Crippen molar-refractivity contribution in [2.75, 3.05) is 6.54 Å². The predicted octanol–water partition coefficient (Wildman–Crippen LogP) is 3.64. The van der Waals surface area contributed by atoms with E-state index in [1.165, 1.54) is 51.4 Å². The predicted molar refractivity (Wildman–Crippen MR) is 76.3 cm³/mol. The average Bonchev–Trinajstić information content (AvgIpc) is 2.28. The Kier molecular flexibility index (Phi) is 11.2. The smallest absolute Gasteiger partial charge is 0.185 e. The number of unbranched alkanes of at least 4 members (excludes halogenated alkanes) is 5. The second-order valence-electron chi connectivity index (χ2n) is 5.14. The van der Waals surface area contributed by atoms with E-state index < -0.39 is 0 Å². The molecule has 3 nitrogen and oxygen atoms in total. The van der Waals surface area contributed by atoms with Crippen LogP contribution in [0.2, 0.25) is 0 Å². The molecule has 3 heteroatoms. The molecule has 0 aromatic heterocycles. The molecule has 0 aliphatic carbocycles. The molecule has 0 unspecified atom stereocenters.